The van der Waals surface area contributed by atoms with E-state index in [1.807, 2.05) is 30.3 Å². The van der Waals surface area contributed by atoms with Crippen molar-refractivity contribution in [3.05, 3.63) is 121 Å². The summed E-state index contributed by atoms with van der Waals surface area (Å²) in [5.74, 6) is 0. The summed E-state index contributed by atoms with van der Waals surface area (Å²) in [5, 5.41) is 13.8. The Labute approximate surface area is 213 Å². The number of nitrogens with zero attached hydrogens (tertiary/aromatic N) is 3. The van der Waals surface area contributed by atoms with Crippen LogP contribution in [-0.4, -0.2) is 9.97 Å². The first-order chi connectivity index (χ1) is 18.3. The summed E-state index contributed by atoms with van der Waals surface area (Å²) in [7, 11) is 0. The molecule has 0 saturated carbocycles. The van der Waals surface area contributed by atoms with Crippen LogP contribution in [0.2, 0.25) is 0 Å². The van der Waals surface area contributed by atoms with Gasteiger partial charge in [-0.2, -0.15) is 5.26 Å². The van der Waals surface area contributed by atoms with Gasteiger partial charge in [0, 0.05) is 28.1 Å². The summed E-state index contributed by atoms with van der Waals surface area (Å²) >= 11 is 0. The van der Waals surface area contributed by atoms with E-state index in [9.17, 15) is 5.26 Å². The van der Waals surface area contributed by atoms with E-state index < -0.39 is 0 Å². The molecule has 0 aliphatic heterocycles. The van der Waals surface area contributed by atoms with Crippen molar-refractivity contribution in [2.45, 2.75) is 0 Å². The van der Waals surface area contributed by atoms with Crippen LogP contribution in [0.3, 0.4) is 0 Å². The molecule has 37 heavy (non-hydrogen) atoms. The molecule has 0 atom stereocenters. The van der Waals surface area contributed by atoms with E-state index in [4.69, 9.17) is 9.40 Å². The third-order valence-electron chi connectivity index (χ3n) is 6.78. The normalized spacial score (nSPS) is 11.2. The molecule has 0 unspecified atom stereocenters. The van der Waals surface area contributed by atoms with Gasteiger partial charge < -0.3 is 4.42 Å². The van der Waals surface area contributed by atoms with Crippen molar-refractivity contribution in [1.29, 1.82) is 5.26 Å². The van der Waals surface area contributed by atoms with Gasteiger partial charge in [-0.25, -0.2) is 9.97 Å². The molecule has 0 radical (unpaired) electrons. The molecule has 0 saturated heterocycles. The minimum absolute atomic E-state index is 0.371. The maximum atomic E-state index is 9.21. The number of benzene rings is 4. The second-order valence-corrected chi connectivity index (χ2v) is 8.97. The molecule has 0 N–H and O–H groups in total. The average molecular weight is 474 g/mol. The average Bonchev–Trinajstić information content (AvgIpc) is 3.35. The highest BCUT2D eigenvalue weighted by atomic mass is 16.3. The van der Waals surface area contributed by atoms with Gasteiger partial charge in [0.05, 0.1) is 11.4 Å². The van der Waals surface area contributed by atoms with Crippen molar-refractivity contribution < 1.29 is 4.42 Å². The van der Waals surface area contributed by atoms with E-state index in [0.29, 0.717) is 5.69 Å². The van der Waals surface area contributed by atoms with Gasteiger partial charge in [0.2, 0.25) is 0 Å². The lowest BCUT2D eigenvalue weighted by Crippen LogP contribution is -1.89. The van der Waals surface area contributed by atoms with Gasteiger partial charge in [0.1, 0.15) is 22.9 Å². The summed E-state index contributed by atoms with van der Waals surface area (Å²) in [4.78, 5) is 8.94. The Bertz CT molecular complexity index is 2000. The van der Waals surface area contributed by atoms with Crippen LogP contribution in [-0.2, 0) is 0 Å². The lowest BCUT2D eigenvalue weighted by atomic mass is 9.95. The van der Waals surface area contributed by atoms with Crippen molar-refractivity contribution in [3.63, 3.8) is 0 Å². The van der Waals surface area contributed by atoms with Crippen LogP contribution in [0.1, 0.15) is 5.69 Å². The van der Waals surface area contributed by atoms with Gasteiger partial charge >= 0.3 is 0 Å². The van der Waals surface area contributed by atoms with E-state index in [0.717, 1.165) is 50.0 Å². The highest BCUT2D eigenvalue weighted by Gasteiger charge is 2.16. The summed E-state index contributed by atoms with van der Waals surface area (Å²) in [6.45, 7) is 0. The van der Waals surface area contributed by atoms with Crippen molar-refractivity contribution in [2.24, 2.45) is 0 Å². The van der Waals surface area contributed by atoms with Gasteiger partial charge in [-0.15, -0.1) is 0 Å². The molecular formula is C33H19N3O. The molecule has 0 spiro atoms. The largest absolute Gasteiger partial charge is 0.456 e. The standard InChI is InChI=1S/C33H19N3O/c34-20-24-17-23(15-16-35-24)30-12-6-11-29(36-30)22-13-14-27-31(18-22)37-32-19-28(21-7-2-1-3-8-21)25-9-4-5-10-26(25)33(27)32/h1-19H. The molecule has 4 aromatic carbocycles. The summed E-state index contributed by atoms with van der Waals surface area (Å²) in [6.07, 6.45) is 1.64. The lowest BCUT2D eigenvalue weighted by molar-refractivity contribution is 0.669. The number of furan rings is 1. The number of fused-ring (bicyclic) bond motifs is 5. The quantitative estimate of drug-likeness (QED) is 0.258. The highest BCUT2D eigenvalue weighted by molar-refractivity contribution is 6.22. The minimum atomic E-state index is 0.371. The van der Waals surface area contributed by atoms with Gasteiger partial charge in [0.15, 0.2) is 0 Å². The molecule has 7 aromatic rings. The second-order valence-electron chi connectivity index (χ2n) is 8.97. The first-order valence-corrected chi connectivity index (χ1v) is 12.1. The molecule has 3 heterocycles. The Morgan fingerprint density at radius 3 is 2.16 bits per heavy atom. The van der Waals surface area contributed by atoms with Gasteiger partial charge in [-0.05, 0) is 64.4 Å². The van der Waals surface area contributed by atoms with E-state index >= 15 is 0 Å². The number of nitriles is 1. The molecular weight excluding hydrogens is 454 g/mol. The first kappa shape index (κ1) is 21.0. The van der Waals surface area contributed by atoms with E-state index in [1.54, 1.807) is 12.3 Å². The Kier molecular flexibility index (Phi) is 4.80. The Morgan fingerprint density at radius 1 is 0.595 bits per heavy atom. The Hall–Kier alpha value is -5.27. The Balaban J connectivity index is 1.40. The van der Waals surface area contributed by atoms with Crippen molar-refractivity contribution >= 4 is 32.7 Å². The number of rotatable bonds is 3. The van der Waals surface area contributed by atoms with Gasteiger partial charge in [0.25, 0.3) is 0 Å². The SMILES string of the molecule is N#Cc1cc(-c2cccc(-c3ccc4c(c3)oc3cc(-c5ccccc5)c5ccccc5c34)n2)ccn1. The van der Waals surface area contributed by atoms with Gasteiger partial charge in [-0.3, -0.25) is 0 Å². The monoisotopic (exact) mass is 473 g/mol. The molecule has 0 amide bonds. The summed E-state index contributed by atoms with van der Waals surface area (Å²) in [5.41, 5.74) is 7.84. The van der Waals surface area contributed by atoms with Crippen LogP contribution in [0.4, 0.5) is 0 Å². The molecule has 0 aliphatic rings. The predicted molar refractivity (Wildman–Crippen MR) is 148 cm³/mol. The van der Waals surface area contributed by atoms with Crippen LogP contribution < -0.4 is 0 Å². The fourth-order valence-corrected chi connectivity index (χ4v) is 5.06. The number of hydrogen-bond acceptors (Lipinski definition) is 4. The number of aromatic nitrogens is 2. The lowest BCUT2D eigenvalue weighted by Gasteiger charge is -2.08. The van der Waals surface area contributed by atoms with Gasteiger partial charge in [-0.1, -0.05) is 66.7 Å². The first-order valence-electron chi connectivity index (χ1n) is 12.1. The Morgan fingerprint density at radius 2 is 1.35 bits per heavy atom. The van der Waals surface area contributed by atoms with Crippen LogP contribution in [0.5, 0.6) is 0 Å². The zero-order valence-electron chi connectivity index (χ0n) is 19.7. The van der Waals surface area contributed by atoms with Crippen LogP contribution in [0, 0.1) is 11.3 Å². The molecule has 7 rings (SSSR count). The molecule has 172 valence electrons. The van der Waals surface area contributed by atoms with Crippen molar-refractivity contribution in [1.82, 2.24) is 9.97 Å². The van der Waals surface area contributed by atoms with Crippen LogP contribution in [0.15, 0.2) is 120 Å². The molecule has 0 aliphatic carbocycles. The summed E-state index contributed by atoms with van der Waals surface area (Å²) in [6, 6.07) is 39.0. The third-order valence-corrected chi connectivity index (χ3v) is 6.78. The number of pyridine rings is 2. The predicted octanol–water partition coefficient (Wildman–Crippen LogP) is 8.40. The third kappa shape index (κ3) is 3.53. The fraction of sp³-hybridized carbons (Fsp3) is 0. The zero-order chi connectivity index (χ0) is 24.8. The second kappa shape index (κ2) is 8.44. The minimum Gasteiger partial charge on any atom is -0.456 e. The maximum Gasteiger partial charge on any atom is 0.141 e. The van der Waals surface area contributed by atoms with E-state index in [1.165, 1.54) is 16.3 Å². The molecule has 4 heteroatoms. The topological polar surface area (TPSA) is 62.7 Å². The molecule has 4 nitrogen and oxygen atoms in total. The summed E-state index contributed by atoms with van der Waals surface area (Å²) < 4.78 is 6.46. The molecule has 0 bridgehead atoms. The highest BCUT2D eigenvalue weighted by Crippen LogP contribution is 2.40. The molecule has 0 fully saturated rings. The fourth-order valence-electron chi connectivity index (χ4n) is 5.06. The van der Waals surface area contributed by atoms with Crippen molar-refractivity contribution in [3.8, 4) is 39.7 Å². The van der Waals surface area contributed by atoms with Crippen LogP contribution in [0.25, 0.3) is 66.4 Å². The van der Waals surface area contributed by atoms with Crippen LogP contribution >= 0.6 is 0 Å². The van der Waals surface area contributed by atoms with E-state index in [2.05, 4.69) is 83.8 Å². The number of hydrogen-bond donors (Lipinski definition) is 0. The zero-order valence-corrected chi connectivity index (χ0v) is 19.7. The van der Waals surface area contributed by atoms with Crippen molar-refractivity contribution in [2.75, 3.05) is 0 Å². The maximum absolute atomic E-state index is 9.21. The smallest absolute Gasteiger partial charge is 0.141 e. The molecule has 3 aromatic heterocycles. The van der Waals surface area contributed by atoms with E-state index in [-0.39, 0.29) is 0 Å².